The molecular formula is C17H16ClFN2S. The Hall–Kier alpha value is -1.65. The van der Waals surface area contributed by atoms with Gasteiger partial charge >= 0.3 is 0 Å². The maximum Gasteiger partial charge on any atom is 0.175 e. The molecule has 0 aromatic heterocycles. The lowest BCUT2D eigenvalue weighted by atomic mass is 9.90. The maximum atomic E-state index is 13.1. The molecule has 0 radical (unpaired) electrons. The number of hydrogen-bond donors (Lipinski definition) is 2. The third-order valence-corrected chi connectivity index (χ3v) is 4.34. The number of nitrogens with one attached hydrogen (secondary N) is 2. The zero-order valence-electron chi connectivity index (χ0n) is 12.0. The number of hydrogen-bond acceptors (Lipinski definition) is 1. The Kier molecular flexibility index (Phi) is 4.60. The van der Waals surface area contributed by atoms with Crippen LogP contribution in [0, 0.1) is 5.82 Å². The number of anilines is 2. The first-order valence-corrected chi connectivity index (χ1v) is 8.06. The van der Waals surface area contributed by atoms with E-state index in [-0.39, 0.29) is 5.82 Å². The smallest absolute Gasteiger partial charge is 0.175 e. The maximum absolute atomic E-state index is 13.1. The fourth-order valence-electron chi connectivity index (χ4n) is 2.77. The van der Waals surface area contributed by atoms with E-state index in [0.717, 1.165) is 18.5 Å². The third-order valence-electron chi connectivity index (χ3n) is 3.82. The largest absolute Gasteiger partial charge is 0.332 e. The van der Waals surface area contributed by atoms with E-state index in [1.807, 2.05) is 12.1 Å². The molecule has 0 heterocycles. The van der Waals surface area contributed by atoms with Crippen molar-refractivity contribution in [2.45, 2.75) is 25.7 Å². The van der Waals surface area contributed by atoms with Crippen molar-refractivity contribution in [3.8, 4) is 0 Å². The standard InChI is InChI=1S/C17H16ClFN2S/c18-14-10-12(19)8-9-16(14)21-17(22)20-15-7-3-5-11-4-1-2-6-13(11)15/h3,5,7-10H,1-2,4,6H2,(H2,20,21,22). The van der Waals surface area contributed by atoms with E-state index in [1.54, 1.807) is 6.07 Å². The molecule has 114 valence electrons. The van der Waals surface area contributed by atoms with Gasteiger partial charge in [0.1, 0.15) is 5.82 Å². The molecule has 2 nitrogen and oxygen atoms in total. The minimum Gasteiger partial charge on any atom is -0.332 e. The molecule has 1 aliphatic carbocycles. The number of aryl methyl sites for hydroxylation is 1. The Labute approximate surface area is 139 Å². The summed E-state index contributed by atoms with van der Waals surface area (Å²) in [5, 5.41) is 7.00. The van der Waals surface area contributed by atoms with Gasteiger partial charge in [-0.3, -0.25) is 0 Å². The molecule has 2 N–H and O–H groups in total. The van der Waals surface area contributed by atoms with Gasteiger partial charge in [-0.2, -0.15) is 0 Å². The summed E-state index contributed by atoms with van der Waals surface area (Å²) in [6.07, 6.45) is 4.63. The summed E-state index contributed by atoms with van der Waals surface area (Å²) in [6.45, 7) is 0. The van der Waals surface area contributed by atoms with Gasteiger partial charge in [0.2, 0.25) is 0 Å². The van der Waals surface area contributed by atoms with Crippen molar-refractivity contribution >= 4 is 40.3 Å². The van der Waals surface area contributed by atoms with Crippen LogP contribution >= 0.6 is 23.8 Å². The molecule has 1 aliphatic rings. The molecule has 3 rings (SSSR count). The van der Waals surface area contributed by atoms with Gasteiger partial charge in [-0.1, -0.05) is 23.7 Å². The zero-order chi connectivity index (χ0) is 15.5. The number of benzene rings is 2. The molecule has 2 aromatic rings. The van der Waals surface area contributed by atoms with E-state index in [0.29, 0.717) is 15.8 Å². The van der Waals surface area contributed by atoms with Crippen molar-refractivity contribution in [1.82, 2.24) is 0 Å². The zero-order valence-corrected chi connectivity index (χ0v) is 13.5. The van der Waals surface area contributed by atoms with Crippen molar-refractivity contribution in [3.05, 3.63) is 58.4 Å². The molecule has 0 amide bonds. The Morgan fingerprint density at radius 3 is 2.64 bits per heavy atom. The van der Waals surface area contributed by atoms with Crippen LogP contribution in [0.2, 0.25) is 5.02 Å². The van der Waals surface area contributed by atoms with Crippen molar-refractivity contribution in [2.24, 2.45) is 0 Å². The van der Waals surface area contributed by atoms with Crippen molar-refractivity contribution in [1.29, 1.82) is 0 Å². The topological polar surface area (TPSA) is 24.1 Å². The fraction of sp³-hybridized carbons (Fsp3) is 0.235. The van der Waals surface area contributed by atoms with Crippen LogP contribution in [-0.2, 0) is 12.8 Å². The average Bonchev–Trinajstić information content (AvgIpc) is 2.50. The number of halogens is 2. The molecule has 0 bridgehead atoms. The second kappa shape index (κ2) is 6.63. The highest BCUT2D eigenvalue weighted by atomic mass is 35.5. The normalized spacial score (nSPS) is 13.4. The van der Waals surface area contributed by atoms with E-state index >= 15 is 0 Å². The van der Waals surface area contributed by atoms with Crippen LogP contribution in [0.25, 0.3) is 0 Å². The molecule has 22 heavy (non-hydrogen) atoms. The van der Waals surface area contributed by atoms with Crippen LogP contribution in [0.1, 0.15) is 24.0 Å². The highest BCUT2D eigenvalue weighted by Crippen LogP contribution is 2.28. The lowest BCUT2D eigenvalue weighted by molar-refractivity contribution is 0.628. The van der Waals surface area contributed by atoms with Gasteiger partial charge in [0, 0.05) is 5.69 Å². The Morgan fingerprint density at radius 2 is 1.82 bits per heavy atom. The van der Waals surface area contributed by atoms with Crippen LogP contribution in [0.5, 0.6) is 0 Å². The molecule has 0 aliphatic heterocycles. The molecular weight excluding hydrogens is 319 g/mol. The third kappa shape index (κ3) is 3.39. The minimum atomic E-state index is -0.369. The van der Waals surface area contributed by atoms with Gasteiger partial charge in [-0.25, -0.2) is 4.39 Å². The first-order chi connectivity index (χ1) is 10.6. The minimum absolute atomic E-state index is 0.305. The second-order valence-corrected chi connectivity index (χ2v) is 6.17. The predicted octanol–water partition coefficient (Wildman–Crippen LogP) is 5.17. The summed E-state index contributed by atoms with van der Waals surface area (Å²) in [5.41, 5.74) is 4.35. The van der Waals surface area contributed by atoms with E-state index < -0.39 is 0 Å². The van der Waals surface area contributed by atoms with Crippen LogP contribution in [0.3, 0.4) is 0 Å². The van der Waals surface area contributed by atoms with E-state index in [9.17, 15) is 4.39 Å². The van der Waals surface area contributed by atoms with Gasteiger partial charge in [-0.15, -0.1) is 0 Å². The first kappa shape index (κ1) is 15.3. The highest BCUT2D eigenvalue weighted by molar-refractivity contribution is 7.80. The average molecular weight is 335 g/mol. The van der Waals surface area contributed by atoms with Crippen LogP contribution < -0.4 is 10.6 Å². The number of thiocarbonyl (C=S) groups is 1. The fourth-order valence-corrected chi connectivity index (χ4v) is 3.20. The SMILES string of the molecule is Fc1ccc(NC(=S)Nc2cccc3c2CCCC3)c(Cl)c1. The summed E-state index contributed by atoms with van der Waals surface area (Å²) in [4.78, 5) is 0. The summed E-state index contributed by atoms with van der Waals surface area (Å²) < 4.78 is 13.1. The lowest BCUT2D eigenvalue weighted by Crippen LogP contribution is -2.21. The second-order valence-electron chi connectivity index (χ2n) is 5.35. The molecule has 0 saturated heterocycles. The highest BCUT2D eigenvalue weighted by Gasteiger charge is 2.13. The van der Waals surface area contributed by atoms with Gasteiger partial charge in [-0.05, 0) is 73.3 Å². The molecule has 2 aromatic carbocycles. The predicted molar refractivity (Wildman–Crippen MR) is 94.3 cm³/mol. The first-order valence-electron chi connectivity index (χ1n) is 7.27. The van der Waals surface area contributed by atoms with Gasteiger partial charge in [0.05, 0.1) is 10.7 Å². The van der Waals surface area contributed by atoms with Gasteiger partial charge in [0.25, 0.3) is 0 Å². The summed E-state index contributed by atoms with van der Waals surface area (Å²) in [6, 6.07) is 10.4. The summed E-state index contributed by atoms with van der Waals surface area (Å²) >= 11 is 11.3. The summed E-state index contributed by atoms with van der Waals surface area (Å²) in [5.74, 6) is -0.369. The lowest BCUT2D eigenvalue weighted by Gasteiger charge is -2.20. The Bertz CT molecular complexity index is 718. The Balaban J connectivity index is 1.75. The van der Waals surface area contributed by atoms with E-state index in [1.165, 1.54) is 36.1 Å². The van der Waals surface area contributed by atoms with Crippen LogP contribution in [0.4, 0.5) is 15.8 Å². The van der Waals surface area contributed by atoms with Crippen molar-refractivity contribution < 1.29 is 4.39 Å². The van der Waals surface area contributed by atoms with Crippen molar-refractivity contribution in [3.63, 3.8) is 0 Å². The van der Waals surface area contributed by atoms with Gasteiger partial charge < -0.3 is 10.6 Å². The van der Waals surface area contributed by atoms with Gasteiger partial charge in [0.15, 0.2) is 5.11 Å². The molecule has 0 atom stereocenters. The molecule has 5 heteroatoms. The Morgan fingerprint density at radius 1 is 1.05 bits per heavy atom. The number of fused-ring (bicyclic) bond motifs is 1. The summed E-state index contributed by atoms with van der Waals surface area (Å²) in [7, 11) is 0. The molecule has 0 spiro atoms. The van der Waals surface area contributed by atoms with Crippen LogP contribution in [0.15, 0.2) is 36.4 Å². The monoisotopic (exact) mass is 334 g/mol. The molecule has 0 unspecified atom stereocenters. The number of rotatable bonds is 2. The van der Waals surface area contributed by atoms with E-state index in [4.69, 9.17) is 23.8 Å². The van der Waals surface area contributed by atoms with Crippen molar-refractivity contribution in [2.75, 3.05) is 10.6 Å². The quantitative estimate of drug-likeness (QED) is 0.741. The molecule has 0 saturated carbocycles. The van der Waals surface area contributed by atoms with Crippen LogP contribution in [-0.4, -0.2) is 5.11 Å². The molecule has 0 fully saturated rings. The van der Waals surface area contributed by atoms with E-state index in [2.05, 4.69) is 16.7 Å².